The van der Waals surface area contributed by atoms with E-state index in [1.807, 2.05) is 25.1 Å². The van der Waals surface area contributed by atoms with Gasteiger partial charge in [-0.2, -0.15) is 4.98 Å². The van der Waals surface area contributed by atoms with Crippen molar-refractivity contribution in [1.82, 2.24) is 9.97 Å². The molecule has 3 rings (SSSR count). The van der Waals surface area contributed by atoms with Crippen LogP contribution >= 0.6 is 0 Å². The largest absolute Gasteiger partial charge is 0.357 e. The van der Waals surface area contributed by atoms with Crippen LogP contribution in [0.1, 0.15) is 19.5 Å². The van der Waals surface area contributed by atoms with Gasteiger partial charge in [-0.25, -0.2) is 14.2 Å². The number of nitrogens with zero attached hydrogens (tertiary/aromatic N) is 3. The molecular weight excluding hydrogens is 383 g/mol. The molecule has 3 aromatic rings. The molecule has 0 aliphatic rings. The summed E-state index contributed by atoms with van der Waals surface area (Å²) in [6, 6.07) is 14.3. The van der Waals surface area contributed by atoms with Gasteiger partial charge < -0.3 is 20.9 Å². The van der Waals surface area contributed by atoms with E-state index in [0.29, 0.717) is 17.3 Å². The zero-order chi connectivity index (χ0) is 21.5. The minimum atomic E-state index is -0.409. The molecule has 0 spiro atoms. The lowest BCUT2D eigenvalue weighted by Crippen LogP contribution is -2.23. The number of anilines is 5. The topological polar surface area (TPSA) is 82.2 Å². The number of urea groups is 1. The third kappa shape index (κ3) is 5.66. The highest BCUT2D eigenvalue weighted by Gasteiger charge is 2.08. The van der Waals surface area contributed by atoms with Crippen LogP contribution in [0.2, 0.25) is 0 Å². The van der Waals surface area contributed by atoms with Crippen molar-refractivity contribution in [3.8, 4) is 0 Å². The maximum atomic E-state index is 12.9. The lowest BCUT2D eigenvalue weighted by atomic mass is 10.3. The first kappa shape index (κ1) is 21.0. The average molecular weight is 408 g/mol. The number of aromatic nitrogens is 2. The second kappa shape index (κ2) is 9.69. The lowest BCUT2D eigenvalue weighted by molar-refractivity contribution is 0.262. The fraction of sp³-hybridized carbons (Fsp3) is 0.227. The minimum Gasteiger partial charge on any atom is -0.357 e. The summed E-state index contributed by atoms with van der Waals surface area (Å²) < 4.78 is 12.9. The van der Waals surface area contributed by atoms with Crippen molar-refractivity contribution >= 4 is 34.9 Å². The van der Waals surface area contributed by atoms with Crippen LogP contribution in [0.5, 0.6) is 0 Å². The monoisotopic (exact) mass is 408 g/mol. The van der Waals surface area contributed by atoms with Gasteiger partial charge in [-0.1, -0.05) is 0 Å². The Balaban J connectivity index is 1.63. The van der Waals surface area contributed by atoms with Crippen molar-refractivity contribution in [2.45, 2.75) is 20.8 Å². The van der Waals surface area contributed by atoms with Crippen LogP contribution in [0.4, 0.5) is 38.0 Å². The van der Waals surface area contributed by atoms with Gasteiger partial charge >= 0.3 is 6.03 Å². The quantitative estimate of drug-likeness (QED) is 0.503. The first-order valence-corrected chi connectivity index (χ1v) is 9.78. The Morgan fingerprint density at radius 3 is 2.00 bits per heavy atom. The van der Waals surface area contributed by atoms with Gasteiger partial charge in [-0.3, -0.25) is 0 Å². The van der Waals surface area contributed by atoms with Crippen LogP contribution in [0.15, 0.2) is 54.6 Å². The summed E-state index contributed by atoms with van der Waals surface area (Å²) in [5.41, 5.74) is 2.81. The zero-order valence-electron chi connectivity index (χ0n) is 17.2. The fourth-order valence-electron chi connectivity index (χ4n) is 2.91. The molecule has 1 heterocycles. The predicted molar refractivity (Wildman–Crippen MR) is 119 cm³/mol. The number of amides is 2. The SMILES string of the molecule is CCN(CC)c1cc(C)nc(Nc2ccc(NC(=O)Nc3ccc(F)cc3)cc2)n1. The number of nitrogens with one attached hydrogen (secondary N) is 3. The molecular formula is C22H25FN6O. The van der Waals surface area contributed by atoms with Gasteiger partial charge in [-0.05, 0) is 69.3 Å². The molecule has 0 bridgehead atoms. The maximum absolute atomic E-state index is 12.9. The van der Waals surface area contributed by atoms with Gasteiger partial charge in [0.25, 0.3) is 0 Å². The van der Waals surface area contributed by atoms with Crippen molar-refractivity contribution in [2.75, 3.05) is 33.9 Å². The smallest absolute Gasteiger partial charge is 0.323 e. The summed E-state index contributed by atoms with van der Waals surface area (Å²) in [4.78, 5) is 23.3. The van der Waals surface area contributed by atoms with Crippen LogP contribution in [0, 0.1) is 12.7 Å². The van der Waals surface area contributed by atoms with Crippen molar-refractivity contribution in [3.63, 3.8) is 0 Å². The number of rotatable bonds is 7. The van der Waals surface area contributed by atoms with Crippen molar-refractivity contribution in [3.05, 3.63) is 66.1 Å². The summed E-state index contributed by atoms with van der Waals surface area (Å²) >= 11 is 0. The first-order chi connectivity index (χ1) is 14.5. The highest BCUT2D eigenvalue weighted by atomic mass is 19.1. The van der Waals surface area contributed by atoms with Gasteiger partial charge in [0.2, 0.25) is 5.95 Å². The van der Waals surface area contributed by atoms with E-state index in [4.69, 9.17) is 0 Å². The van der Waals surface area contributed by atoms with Crippen LogP contribution in [0.3, 0.4) is 0 Å². The molecule has 0 aliphatic carbocycles. The molecule has 2 aromatic carbocycles. The van der Waals surface area contributed by atoms with E-state index in [2.05, 4.69) is 44.7 Å². The number of carbonyl (C=O) groups is 1. The normalized spacial score (nSPS) is 10.4. The Morgan fingerprint density at radius 2 is 1.43 bits per heavy atom. The Labute approximate surface area is 175 Å². The maximum Gasteiger partial charge on any atom is 0.323 e. The first-order valence-electron chi connectivity index (χ1n) is 9.78. The number of aryl methyl sites for hydroxylation is 1. The summed E-state index contributed by atoms with van der Waals surface area (Å²) in [6.07, 6.45) is 0. The fourth-order valence-corrected chi connectivity index (χ4v) is 2.91. The van der Waals surface area contributed by atoms with Gasteiger partial charge in [-0.15, -0.1) is 0 Å². The van der Waals surface area contributed by atoms with E-state index < -0.39 is 6.03 Å². The lowest BCUT2D eigenvalue weighted by Gasteiger charge is -2.20. The molecule has 0 saturated heterocycles. The highest BCUT2D eigenvalue weighted by Crippen LogP contribution is 2.20. The summed E-state index contributed by atoms with van der Waals surface area (Å²) in [6.45, 7) is 7.85. The van der Waals surface area contributed by atoms with E-state index in [1.165, 1.54) is 24.3 Å². The van der Waals surface area contributed by atoms with Crippen molar-refractivity contribution < 1.29 is 9.18 Å². The molecule has 0 radical (unpaired) electrons. The Hall–Kier alpha value is -3.68. The van der Waals surface area contributed by atoms with E-state index >= 15 is 0 Å². The Kier molecular flexibility index (Phi) is 6.79. The molecule has 156 valence electrons. The number of hydrogen-bond donors (Lipinski definition) is 3. The van der Waals surface area contributed by atoms with E-state index in [-0.39, 0.29) is 5.82 Å². The Morgan fingerprint density at radius 1 is 0.900 bits per heavy atom. The third-order valence-electron chi connectivity index (χ3n) is 4.43. The molecule has 2 amide bonds. The number of carbonyl (C=O) groups excluding carboxylic acids is 1. The predicted octanol–water partition coefficient (Wildman–Crippen LogP) is 5.16. The summed E-state index contributed by atoms with van der Waals surface area (Å²) in [5, 5.41) is 8.59. The van der Waals surface area contributed by atoms with Gasteiger partial charge in [0.05, 0.1) is 0 Å². The molecule has 3 N–H and O–H groups in total. The van der Waals surface area contributed by atoms with Crippen LogP contribution in [0.25, 0.3) is 0 Å². The zero-order valence-corrected chi connectivity index (χ0v) is 17.2. The minimum absolute atomic E-state index is 0.356. The molecule has 0 saturated carbocycles. The van der Waals surface area contributed by atoms with Gasteiger partial charge in [0.1, 0.15) is 11.6 Å². The second-order valence-electron chi connectivity index (χ2n) is 6.65. The molecule has 8 heteroatoms. The van der Waals surface area contributed by atoms with Crippen LogP contribution in [-0.2, 0) is 0 Å². The van der Waals surface area contributed by atoms with Crippen LogP contribution in [-0.4, -0.2) is 29.1 Å². The number of halogens is 1. The third-order valence-corrected chi connectivity index (χ3v) is 4.43. The number of hydrogen-bond acceptors (Lipinski definition) is 5. The van der Waals surface area contributed by atoms with E-state index in [0.717, 1.165) is 30.3 Å². The summed E-state index contributed by atoms with van der Waals surface area (Å²) in [7, 11) is 0. The molecule has 7 nitrogen and oxygen atoms in total. The molecule has 30 heavy (non-hydrogen) atoms. The molecule has 1 aromatic heterocycles. The highest BCUT2D eigenvalue weighted by molar-refractivity contribution is 5.99. The molecule has 0 aliphatic heterocycles. The Bertz CT molecular complexity index is 988. The molecule has 0 atom stereocenters. The van der Waals surface area contributed by atoms with Crippen molar-refractivity contribution in [1.29, 1.82) is 0 Å². The van der Waals surface area contributed by atoms with E-state index in [9.17, 15) is 9.18 Å². The number of benzene rings is 2. The average Bonchev–Trinajstić information content (AvgIpc) is 2.72. The standard InChI is InChI=1S/C22H25FN6O/c1-4-29(5-2)20-14-15(3)24-21(28-20)25-17-10-12-19(13-11-17)27-22(30)26-18-8-6-16(23)7-9-18/h6-14H,4-5H2,1-3H3,(H,24,25,28)(H2,26,27,30). The van der Waals surface area contributed by atoms with E-state index in [1.54, 1.807) is 12.1 Å². The molecule has 0 unspecified atom stereocenters. The van der Waals surface area contributed by atoms with Gasteiger partial charge in [0, 0.05) is 41.9 Å². The summed E-state index contributed by atoms with van der Waals surface area (Å²) in [5.74, 6) is 1.04. The second-order valence-corrected chi connectivity index (χ2v) is 6.65. The molecule has 0 fully saturated rings. The van der Waals surface area contributed by atoms with Crippen molar-refractivity contribution in [2.24, 2.45) is 0 Å². The van der Waals surface area contributed by atoms with Crippen LogP contribution < -0.4 is 20.9 Å². The van der Waals surface area contributed by atoms with Gasteiger partial charge in [0.15, 0.2) is 0 Å².